The second kappa shape index (κ2) is 5.61. The number of aromatic nitrogens is 2. The minimum absolute atomic E-state index is 0.162. The maximum absolute atomic E-state index is 11.8. The SMILES string of the molecule is Nc1cc(C(=O)NCC2CCCCC2)ncn1. The van der Waals surface area contributed by atoms with Crippen LogP contribution >= 0.6 is 0 Å². The minimum Gasteiger partial charge on any atom is -0.384 e. The zero-order chi connectivity index (χ0) is 12.1. The molecule has 1 aromatic rings. The van der Waals surface area contributed by atoms with Crippen molar-refractivity contribution < 1.29 is 4.79 Å². The average molecular weight is 234 g/mol. The number of nitrogen functional groups attached to an aromatic ring is 1. The molecule has 0 radical (unpaired) electrons. The van der Waals surface area contributed by atoms with Crippen LogP contribution in [0.5, 0.6) is 0 Å². The smallest absolute Gasteiger partial charge is 0.270 e. The molecule has 17 heavy (non-hydrogen) atoms. The Labute approximate surface area is 101 Å². The van der Waals surface area contributed by atoms with Crippen LogP contribution < -0.4 is 11.1 Å². The van der Waals surface area contributed by atoms with Crippen molar-refractivity contribution in [2.24, 2.45) is 5.92 Å². The van der Waals surface area contributed by atoms with Crippen LogP contribution in [-0.4, -0.2) is 22.4 Å². The molecule has 0 bridgehead atoms. The number of hydrogen-bond donors (Lipinski definition) is 2. The average Bonchev–Trinajstić information content (AvgIpc) is 2.37. The van der Waals surface area contributed by atoms with Crippen LogP contribution in [0.4, 0.5) is 5.82 Å². The maximum atomic E-state index is 11.8. The summed E-state index contributed by atoms with van der Waals surface area (Å²) in [7, 11) is 0. The van der Waals surface area contributed by atoms with Crippen LogP contribution in [0.15, 0.2) is 12.4 Å². The molecule has 0 aromatic carbocycles. The minimum atomic E-state index is -0.162. The first-order valence-corrected chi connectivity index (χ1v) is 6.11. The van der Waals surface area contributed by atoms with Gasteiger partial charge in [-0.05, 0) is 18.8 Å². The third-order valence-electron chi connectivity index (χ3n) is 3.20. The van der Waals surface area contributed by atoms with Gasteiger partial charge in [-0.1, -0.05) is 19.3 Å². The summed E-state index contributed by atoms with van der Waals surface area (Å²) in [5.41, 5.74) is 5.85. The zero-order valence-electron chi connectivity index (χ0n) is 9.85. The molecule has 2 rings (SSSR count). The molecule has 0 saturated heterocycles. The van der Waals surface area contributed by atoms with Gasteiger partial charge in [-0.25, -0.2) is 9.97 Å². The summed E-state index contributed by atoms with van der Waals surface area (Å²) in [6, 6.07) is 1.50. The first-order valence-electron chi connectivity index (χ1n) is 6.11. The zero-order valence-corrected chi connectivity index (χ0v) is 9.85. The van der Waals surface area contributed by atoms with Crippen molar-refractivity contribution in [1.29, 1.82) is 0 Å². The molecule has 5 heteroatoms. The Bertz CT molecular complexity index is 388. The van der Waals surface area contributed by atoms with Crippen molar-refractivity contribution in [2.45, 2.75) is 32.1 Å². The molecule has 1 amide bonds. The molecule has 1 aliphatic rings. The Morgan fingerprint density at radius 2 is 2.12 bits per heavy atom. The van der Waals surface area contributed by atoms with E-state index in [-0.39, 0.29) is 5.91 Å². The predicted molar refractivity (Wildman–Crippen MR) is 65.4 cm³/mol. The van der Waals surface area contributed by atoms with Crippen molar-refractivity contribution in [3.8, 4) is 0 Å². The lowest BCUT2D eigenvalue weighted by Crippen LogP contribution is -2.30. The van der Waals surface area contributed by atoms with E-state index in [0.29, 0.717) is 17.4 Å². The molecule has 92 valence electrons. The van der Waals surface area contributed by atoms with Crippen molar-refractivity contribution in [1.82, 2.24) is 15.3 Å². The van der Waals surface area contributed by atoms with Crippen LogP contribution in [0.2, 0.25) is 0 Å². The summed E-state index contributed by atoms with van der Waals surface area (Å²) in [5, 5.41) is 2.91. The van der Waals surface area contributed by atoms with Gasteiger partial charge in [0.15, 0.2) is 0 Å². The number of rotatable bonds is 3. The lowest BCUT2D eigenvalue weighted by atomic mass is 9.89. The van der Waals surface area contributed by atoms with E-state index in [0.717, 1.165) is 6.54 Å². The van der Waals surface area contributed by atoms with E-state index in [1.807, 2.05) is 0 Å². The van der Waals surface area contributed by atoms with E-state index in [1.165, 1.54) is 44.5 Å². The Balaban J connectivity index is 1.84. The molecule has 1 aromatic heterocycles. The molecule has 1 fully saturated rings. The van der Waals surface area contributed by atoms with Crippen molar-refractivity contribution in [2.75, 3.05) is 12.3 Å². The van der Waals surface area contributed by atoms with Crippen LogP contribution in [-0.2, 0) is 0 Å². The summed E-state index contributed by atoms with van der Waals surface area (Å²) in [6.07, 6.45) is 7.62. The van der Waals surface area contributed by atoms with Crippen molar-refractivity contribution >= 4 is 11.7 Å². The summed E-state index contributed by atoms with van der Waals surface area (Å²) in [5.74, 6) is 0.777. The van der Waals surface area contributed by atoms with E-state index < -0.39 is 0 Å². The molecule has 0 atom stereocenters. The Kier molecular flexibility index (Phi) is 3.90. The first-order chi connectivity index (χ1) is 8.25. The fourth-order valence-corrected chi connectivity index (χ4v) is 2.22. The Morgan fingerprint density at radius 3 is 2.82 bits per heavy atom. The number of nitrogens with two attached hydrogens (primary N) is 1. The van der Waals surface area contributed by atoms with Gasteiger partial charge in [0.05, 0.1) is 0 Å². The molecule has 1 saturated carbocycles. The number of carbonyl (C=O) groups is 1. The summed E-state index contributed by atoms with van der Waals surface area (Å²) in [4.78, 5) is 19.4. The summed E-state index contributed by atoms with van der Waals surface area (Å²) in [6.45, 7) is 0.739. The Hall–Kier alpha value is -1.65. The number of carbonyl (C=O) groups excluding carboxylic acids is 1. The standard InChI is InChI=1S/C12H18N4O/c13-11-6-10(15-8-16-11)12(17)14-7-9-4-2-1-3-5-9/h6,8-9H,1-5,7H2,(H,14,17)(H2,13,15,16). The number of nitrogens with zero attached hydrogens (tertiary/aromatic N) is 2. The molecule has 0 spiro atoms. The lowest BCUT2D eigenvalue weighted by molar-refractivity contribution is 0.0938. The van der Waals surface area contributed by atoms with Gasteiger partial charge in [-0.3, -0.25) is 4.79 Å². The van der Waals surface area contributed by atoms with Gasteiger partial charge in [0, 0.05) is 12.6 Å². The van der Waals surface area contributed by atoms with Crippen molar-refractivity contribution in [3.63, 3.8) is 0 Å². The van der Waals surface area contributed by atoms with E-state index in [1.54, 1.807) is 0 Å². The van der Waals surface area contributed by atoms with Crippen LogP contribution in [0.3, 0.4) is 0 Å². The quantitative estimate of drug-likeness (QED) is 0.827. The largest absolute Gasteiger partial charge is 0.384 e. The Morgan fingerprint density at radius 1 is 1.35 bits per heavy atom. The second-order valence-corrected chi connectivity index (χ2v) is 4.54. The van der Waals surface area contributed by atoms with Gasteiger partial charge in [-0.15, -0.1) is 0 Å². The molecular weight excluding hydrogens is 216 g/mol. The fourth-order valence-electron chi connectivity index (χ4n) is 2.22. The van der Waals surface area contributed by atoms with E-state index in [4.69, 9.17) is 5.73 Å². The van der Waals surface area contributed by atoms with Gasteiger partial charge in [0.25, 0.3) is 5.91 Å². The molecule has 1 heterocycles. The number of amides is 1. The number of anilines is 1. The lowest BCUT2D eigenvalue weighted by Gasteiger charge is -2.21. The fraction of sp³-hybridized carbons (Fsp3) is 0.583. The van der Waals surface area contributed by atoms with Gasteiger partial charge < -0.3 is 11.1 Å². The highest BCUT2D eigenvalue weighted by molar-refractivity contribution is 5.92. The highest BCUT2D eigenvalue weighted by Gasteiger charge is 2.15. The molecular formula is C12H18N4O. The molecule has 0 unspecified atom stereocenters. The van der Waals surface area contributed by atoms with E-state index in [9.17, 15) is 4.79 Å². The van der Waals surface area contributed by atoms with E-state index in [2.05, 4.69) is 15.3 Å². The van der Waals surface area contributed by atoms with Gasteiger partial charge in [-0.2, -0.15) is 0 Å². The van der Waals surface area contributed by atoms with Crippen LogP contribution in [0, 0.1) is 5.92 Å². The van der Waals surface area contributed by atoms with Gasteiger partial charge in [0.1, 0.15) is 17.8 Å². The van der Waals surface area contributed by atoms with Crippen molar-refractivity contribution in [3.05, 3.63) is 18.1 Å². The first kappa shape index (κ1) is 11.8. The monoisotopic (exact) mass is 234 g/mol. The van der Waals surface area contributed by atoms with E-state index >= 15 is 0 Å². The van der Waals surface area contributed by atoms with Crippen LogP contribution in [0.1, 0.15) is 42.6 Å². The molecule has 5 nitrogen and oxygen atoms in total. The third kappa shape index (κ3) is 3.41. The third-order valence-corrected chi connectivity index (χ3v) is 3.20. The normalized spacial score (nSPS) is 16.7. The number of hydrogen-bond acceptors (Lipinski definition) is 4. The molecule has 3 N–H and O–H groups in total. The predicted octanol–water partition coefficient (Wildman–Crippen LogP) is 1.37. The highest BCUT2D eigenvalue weighted by atomic mass is 16.1. The highest BCUT2D eigenvalue weighted by Crippen LogP contribution is 2.22. The summed E-state index contributed by atoms with van der Waals surface area (Å²) >= 11 is 0. The van der Waals surface area contributed by atoms with Gasteiger partial charge >= 0.3 is 0 Å². The number of nitrogens with one attached hydrogen (secondary N) is 1. The molecule has 1 aliphatic carbocycles. The topological polar surface area (TPSA) is 80.9 Å². The second-order valence-electron chi connectivity index (χ2n) is 4.54. The molecule has 0 aliphatic heterocycles. The van der Waals surface area contributed by atoms with Crippen LogP contribution in [0.25, 0.3) is 0 Å². The maximum Gasteiger partial charge on any atom is 0.270 e. The summed E-state index contributed by atoms with van der Waals surface area (Å²) < 4.78 is 0. The van der Waals surface area contributed by atoms with Gasteiger partial charge in [0.2, 0.25) is 0 Å².